The van der Waals surface area contributed by atoms with Gasteiger partial charge in [-0.15, -0.1) is 0 Å². The monoisotopic (exact) mass is 260 g/mol. The summed E-state index contributed by atoms with van der Waals surface area (Å²) in [6.45, 7) is 6.22. The quantitative estimate of drug-likeness (QED) is 0.883. The molecule has 6 heteroatoms. The molecule has 2 aromatic rings. The molecule has 0 amide bonds. The summed E-state index contributed by atoms with van der Waals surface area (Å²) >= 11 is 0. The van der Waals surface area contributed by atoms with E-state index >= 15 is 0 Å². The predicted octanol–water partition coefficient (Wildman–Crippen LogP) is 2.43. The predicted molar refractivity (Wildman–Crippen MR) is 76.9 cm³/mol. The Balaban J connectivity index is 2.42. The molecule has 2 rings (SSSR count). The van der Waals surface area contributed by atoms with E-state index in [-0.39, 0.29) is 0 Å². The largest absolute Gasteiger partial charge is 0.373 e. The van der Waals surface area contributed by atoms with Crippen molar-refractivity contribution >= 4 is 17.3 Å². The van der Waals surface area contributed by atoms with Crippen LogP contribution >= 0.6 is 0 Å². The van der Waals surface area contributed by atoms with E-state index in [1.165, 1.54) is 0 Å². The molecule has 0 aliphatic carbocycles. The zero-order valence-electron chi connectivity index (χ0n) is 12.0. The molecule has 2 N–H and O–H groups in total. The Morgan fingerprint density at radius 1 is 1.21 bits per heavy atom. The van der Waals surface area contributed by atoms with Crippen molar-refractivity contribution in [3.8, 4) is 0 Å². The van der Waals surface area contributed by atoms with E-state index in [4.69, 9.17) is 0 Å². The summed E-state index contributed by atoms with van der Waals surface area (Å²) in [6, 6.07) is 0. The number of hydrogen-bond acceptors (Lipinski definition) is 5. The fourth-order valence-electron chi connectivity index (χ4n) is 2.09. The van der Waals surface area contributed by atoms with Crippen molar-refractivity contribution in [1.82, 2.24) is 19.7 Å². The van der Waals surface area contributed by atoms with Gasteiger partial charge in [-0.2, -0.15) is 5.10 Å². The Labute approximate surface area is 113 Å². The van der Waals surface area contributed by atoms with Gasteiger partial charge in [-0.3, -0.25) is 4.68 Å². The average Bonchev–Trinajstić information content (AvgIpc) is 2.67. The Bertz CT molecular complexity index is 573. The Hall–Kier alpha value is -2.11. The van der Waals surface area contributed by atoms with Crippen LogP contribution in [-0.2, 0) is 7.05 Å². The van der Waals surface area contributed by atoms with Crippen molar-refractivity contribution in [3.05, 3.63) is 23.8 Å². The van der Waals surface area contributed by atoms with Gasteiger partial charge in [0, 0.05) is 25.9 Å². The van der Waals surface area contributed by atoms with Gasteiger partial charge in [0.2, 0.25) is 0 Å². The maximum Gasteiger partial charge on any atom is 0.139 e. The van der Waals surface area contributed by atoms with Crippen molar-refractivity contribution in [2.75, 3.05) is 17.7 Å². The smallest absolute Gasteiger partial charge is 0.139 e. The molecule has 19 heavy (non-hydrogen) atoms. The SMILES string of the molecule is CNc1ncnc(Nc2cn(C)nc2C)c1C(C)C. The molecule has 6 nitrogen and oxygen atoms in total. The fraction of sp³-hybridized carbons (Fsp3) is 0.462. The van der Waals surface area contributed by atoms with Crippen LogP contribution in [0, 0.1) is 6.92 Å². The normalized spacial score (nSPS) is 10.8. The van der Waals surface area contributed by atoms with E-state index in [1.807, 2.05) is 27.2 Å². The number of aromatic nitrogens is 4. The molecule has 102 valence electrons. The summed E-state index contributed by atoms with van der Waals surface area (Å²) in [6.07, 6.45) is 3.51. The minimum absolute atomic E-state index is 0.322. The fourth-order valence-corrected chi connectivity index (χ4v) is 2.09. The molecule has 0 atom stereocenters. The van der Waals surface area contributed by atoms with Gasteiger partial charge in [-0.25, -0.2) is 9.97 Å². The first kappa shape index (κ1) is 13.3. The second kappa shape index (κ2) is 5.26. The highest BCUT2D eigenvalue weighted by Gasteiger charge is 2.15. The van der Waals surface area contributed by atoms with Crippen LogP contribution in [0.4, 0.5) is 17.3 Å². The van der Waals surface area contributed by atoms with Gasteiger partial charge in [-0.05, 0) is 12.8 Å². The molecule has 0 saturated carbocycles. The van der Waals surface area contributed by atoms with Crippen LogP contribution in [0.2, 0.25) is 0 Å². The topological polar surface area (TPSA) is 67.7 Å². The molecule has 0 aromatic carbocycles. The van der Waals surface area contributed by atoms with Gasteiger partial charge in [0.05, 0.1) is 11.4 Å². The Morgan fingerprint density at radius 2 is 1.89 bits per heavy atom. The van der Waals surface area contributed by atoms with Crippen molar-refractivity contribution in [2.45, 2.75) is 26.7 Å². The zero-order chi connectivity index (χ0) is 14.0. The van der Waals surface area contributed by atoms with Crippen molar-refractivity contribution < 1.29 is 0 Å². The van der Waals surface area contributed by atoms with Crippen LogP contribution < -0.4 is 10.6 Å². The summed E-state index contributed by atoms with van der Waals surface area (Å²) in [5.74, 6) is 2.00. The molecule has 2 aromatic heterocycles. The minimum Gasteiger partial charge on any atom is -0.373 e. The summed E-state index contributed by atoms with van der Waals surface area (Å²) in [4.78, 5) is 8.62. The summed E-state index contributed by atoms with van der Waals surface area (Å²) in [5, 5.41) is 10.8. The Kier molecular flexibility index (Phi) is 3.69. The van der Waals surface area contributed by atoms with E-state index in [1.54, 1.807) is 11.0 Å². The van der Waals surface area contributed by atoms with Crippen LogP contribution in [-0.4, -0.2) is 26.8 Å². The molecular formula is C13H20N6. The minimum atomic E-state index is 0.322. The third-order valence-electron chi connectivity index (χ3n) is 2.96. The zero-order valence-corrected chi connectivity index (χ0v) is 12.0. The first-order chi connectivity index (χ1) is 9.02. The van der Waals surface area contributed by atoms with E-state index in [9.17, 15) is 0 Å². The van der Waals surface area contributed by atoms with E-state index in [0.717, 1.165) is 28.6 Å². The number of hydrogen-bond donors (Lipinski definition) is 2. The molecule has 0 aliphatic heterocycles. The molecule has 0 spiro atoms. The molecule has 0 unspecified atom stereocenters. The molecule has 0 saturated heterocycles. The van der Waals surface area contributed by atoms with E-state index < -0.39 is 0 Å². The summed E-state index contributed by atoms with van der Waals surface area (Å²) < 4.78 is 1.78. The maximum atomic E-state index is 4.35. The third-order valence-corrected chi connectivity index (χ3v) is 2.96. The number of rotatable bonds is 4. The lowest BCUT2D eigenvalue weighted by atomic mass is 10.0. The van der Waals surface area contributed by atoms with Gasteiger partial charge in [-0.1, -0.05) is 13.8 Å². The third kappa shape index (κ3) is 2.67. The lowest BCUT2D eigenvalue weighted by Gasteiger charge is -2.16. The number of anilines is 3. The van der Waals surface area contributed by atoms with Gasteiger partial charge in [0.15, 0.2) is 0 Å². The van der Waals surface area contributed by atoms with Gasteiger partial charge >= 0.3 is 0 Å². The highest BCUT2D eigenvalue weighted by Crippen LogP contribution is 2.30. The van der Waals surface area contributed by atoms with Crippen molar-refractivity contribution in [1.29, 1.82) is 0 Å². The van der Waals surface area contributed by atoms with E-state index in [0.29, 0.717) is 5.92 Å². The molecular weight excluding hydrogens is 240 g/mol. The second-order valence-corrected chi connectivity index (χ2v) is 4.82. The summed E-state index contributed by atoms with van der Waals surface area (Å²) in [5.41, 5.74) is 2.99. The van der Waals surface area contributed by atoms with E-state index in [2.05, 4.69) is 39.5 Å². The first-order valence-corrected chi connectivity index (χ1v) is 6.32. The molecule has 0 bridgehead atoms. The number of aryl methyl sites for hydroxylation is 2. The average molecular weight is 260 g/mol. The first-order valence-electron chi connectivity index (χ1n) is 6.32. The van der Waals surface area contributed by atoms with Crippen molar-refractivity contribution in [3.63, 3.8) is 0 Å². The standard InChI is InChI=1S/C13H20N6/c1-8(2)11-12(14-4)15-7-16-13(11)17-10-6-19(5)18-9(10)3/h6-8H,1-5H3,(H2,14,15,16,17). The van der Waals surface area contributed by atoms with Crippen LogP contribution in [0.25, 0.3) is 0 Å². The van der Waals surface area contributed by atoms with Gasteiger partial charge in [0.1, 0.15) is 18.0 Å². The number of nitrogens with one attached hydrogen (secondary N) is 2. The van der Waals surface area contributed by atoms with Crippen LogP contribution in [0.3, 0.4) is 0 Å². The highest BCUT2D eigenvalue weighted by molar-refractivity contribution is 5.66. The van der Waals surface area contributed by atoms with Crippen LogP contribution in [0.5, 0.6) is 0 Å². The van der Waals surface area contributed by atoms with Crippen molar-refractivity contribution in [2.24, 2.45) is 7.05 Å². The lowest BCUT2D eigenvalue weighted by molar-refractivity contribution is 0.756. The molecule has 0 fully saturated rings. The molecule has 0 radical (unpaired) electrons. The van der Waals surface area contributed by atoms with Gasteiger partial charge in [0.25, 0.3) is 0 Å². The molecule has 2 heterocycles. The van der Waals surface area contributed by atoms with Gasteiger partial charge < -0.3 is 10.6 Å². The highest BCUT2D eigenvalue weighted by atomic mass is 15.3. The second-order valence-electron chi connectivity index (χ2n) is 4.82. The van der Waals surface area contributed by atoms with Crippen LogP contribution in [0.15, 0.2) is 12.5 Å². The Morgan fingerprint density at radius 3 is 2.42 bits per heavy atom. The van der Waals surface area contributed by atoms with Crippen LogP contribution in [0.1, 0.15) is 31.0 Å². The lowest BCUT2D eigenvalue weighted by Crippen LogP contribution is -2.07. The maximum absolute atomic E-state index is 4.35. The summed E-state index contributed by atoms with van der Waals surface area (Å²) in [7, 11) is 3.77. The molecule has 0 aliphatic rings. The number of nitrogens with zero attached hydrogens (tertiary/aromatic N) is 4.